The Balaban J connectivity index is 2.65. The zero-order valence-corrected chi connectivity index (χ0v) is 10.1. The smallest absolute Gasteiger partial charge is 0.193 e. The largest absolute Gasteiger partial charge is 0.314 e. The summed E-state index contributed by atoms with van der Waals surface area (Å²) in [6.45, 7) is 4.36. The molecule has 1 saturated carbocycles. The van der Waals surface area contributed by atoms with Gasteiger partial charge in [-0.05, 0) is 61.7 Å². The molecule has 0 bridgehead atoms. The average Bonchev–Trinajstić information content (AvgIpc) is 2.68. The molecule has 1 aliphatic rings. The van der Waals surface area contributed by atoms with Crippen molar-refractivity contribution in [3.63, 3.8) is 0 Å². The summed E-state index contributed by atoms with van der Waals surface area (Å²) < 4.78 is 0.286. The second-order valence-electron chi connectivity index (χ2n) is 4.19. The second kappa shape index (κ2) is 3.25. The molecule has 3 heteroatoms. The van der Waals surface area contributed by atoms with Crippen LogP contribution in [0, 0.1) is 5.41 Å². The number of rotatable bonds is 4. The van der Waals surface area contributed by atoms with E-state index in [0.717, 1.165) is 6.42 Å². The first-order valence-electron chi connectivity index (χ1n) is 4.31. The van der Waals surface area contributed by atoms with Crippen LogP contribution in [0.2, 0.25) is 0 Å². The van der Waals surface area contributed by atoms with Crippen LogP contribution in [0.3, 0.4) is 0 Å². The van der Waals surface area contributed by atoms with Crippen LogP contribution >= 0.6 is 22.6 Å². The van der Waals surface area contributed by atoms with E-state index in [1.807, 2.05) is 29.6 Å². The Morgan fingerprint density at radius 3 is 2.33 bits per heavy atom. The molecule has 0 radical (unpaired) electrons. The lowest BCUT2D eigenvalue weighted by atomic mass is 9.82. The van der Waals surface area contributed by atoms with E-state index in [9.17, 15) is 4.79 Å². The number of carbonyl (C=O) groups excluding carboxylic acids is 1. The van der Waals surface area contributed by atoms with Crippen molar-refractivity contribution in [2.24, 2.45) is 5.41 Å². The van der Waals surface area contributed by atoms with Gasteiger partial charge in [0.05, 0.1) is 0 Å². The Morgan fingerprint density at radius 2 is 2.08 bits per heavy atom. The van der Waals surface area contributed by atoms with E-state index in [1.165, 1.54) is 12.8 Å². The van der Waals surface area contributed by atoms with Crippen LogP contribution in [0.1, 0.15) is 33.1 Å². The molecule has 1 rings (SSSR count). The number of hydrogen-bond donors (Lipinski definition) is 1. The van der Waals surface area contributed by atoms with Gasteiger partial charge in [-0.2, -0.15) is 0 Å². The van der Waals surface area contributed by atoms with Crippen molar-refractivity contribution in [2.45, 2.75) is 38.6 Å². The molecule has 0 spiro atoms. The van der Waals surface area contributed by atoms with E-state index < -0.39 is 0 Å². The van der Waals surface area contributed by atoms with E-state index in [4.69, 9.17) is 0 Å². The third kappa shape index (κ3) is 1.82. The van der Waals surface area contributed by atoms with Crippen molar-refractivity contribution < 1.29 is 4.79 Å². The van der Waals surface area contributed by atoms with E-state index in [2.05, 4.69) is 19.2 Å². The van der Waals surface area contributed by atoms with Gasteiger partial charge in [-0.15, -0.1) is 0 Å². The molecular weight excluding hydrogens is 265 g/mol. The third-order valence-corrected chi connectivity index (χ3v) is 3.66. The first-order valence-corrected chi connectivity index (χ1v) is 5.39. The molecule has 1 fully saturated rings. The molecule has 0 aromatic rings. The van der Waals surface area contributed by atoms with Gasteiger partial charge in [0.25, 0.3) is 0 Å². The molecule has 70 valence electrons. The van der Waals surface area contributed by atoms with Crippen LogP contribution in [0.4, 0.5) is 0 Å². The summed E-state index contributed by atoms with van der Waals surface area (Å²) in [4.78, 5) is 11.0. The zero-order valence-electron chi connectivity index (χ0n) is 7.91. The summed E-state index contributed by atoms with van der Waals surface area (Å²) in [5, 5.41) is 3.29. The zero-order chi connectivity index (χ0) is 9.41. The first-order chi connectivity index (χ1) is 5.43. The Morgan fingerprint density at radius 1 is 1.58 bits per heavy atom. The van der Waals surface area contributed by atoms with Crippen molar-refractivity contribution >= 4 is 26.4 Å². The summed E-state index contributed by atoms with van der Waals surface area (Å²) in [6, 6.07) is 0. The summed E-state index contributed by atoms with van der Waals surface area (Å²) >= 11 is 1.90. The van der Waals surface area contributed by atoms with Crippen molar-refractivity contribution in [1.29, 1.82) is 0 Å². The lowest BCUT2D eigenvalue weighted by molar-refractivity contribution is -0.111. The summed E-state index contributed by atoms with van der Waals surface area (Å²) in [5.41, 5.74) is 0.355. The van der Waals surface area contributed by atoms with Gasteiger partial charge in [0.15, 0.2) is 3.79 Å². The van der Waals surface area contributed by atoms with Crippen LogP contribution in [-0.4, -0.2) is 16.4 Å². The number of nitrogens with one attached hydrogen (secondary N) is 1. The van der Waals surface area contributed by atoms with Crippen molar-refractivity contribution in [2.75, 3.05) is 7.05 Å². The summed E-state index contributed by atoms with van der Waals surface area (Å²) in [5.74, 6) is 0. The third-order valence-electron chi connectivity index (χ3n) is 3.28. The fraction of sp³-hybridized carbons (Fsp3) is 0.889. The number of carbonyl (C=O) groups is 1. The Bertz CT molecular complexity index is 197. The minimum absolute atomic E-state index is 0.105. The van der Waals surface area contributed by atoms with E-state index in [-0.39, 0.29) is 14.7 Å². The van der Waals surface area contributed by atoms with Crippen LogP contribution in [0.15, 0.2) is 0 Å². The van der Waals surface area contributed by atoms with Crippen LogP contribution in [0.25, 0.3) is 0 Å². The molecule has 0 heterocycles. The minimum atomic E-state index is 0.105. The second-order valence-corrected chi connectivity index (χ2v) is 5.39. The quantitative estimate of drug-likeness (QED) is 0.631. The Labute approximate surface area is 87.6 Å². The van der Waals surface area contributed by atoms with Crippen LogP contribution in [-0.2, 0) is 4.79 Å². The fourth-order valence-electron chi connectivity index (χ4n) is 1.70. The summed E-state index contributed by atoms with van der Waals surface area (Å²) in [7, 11) is 1.97. The normalized spacial score (nSPS) is 20.7. The highest BCUT2D eigenvalue weighted by Crippen LogP contribution is 2.56. The number of hydrogen-bond acceptors (Lipinski definition) is 2. The molecule has 0 aliphatic heterocycles. The van der Waals surface area contributed by atoms with E-state index >= 15 is 0 Å². The molecule has 0 aromatic carbocycles. The number of halogens is 1. The van der Waals surface area contributed by atoms with Gasteiger partial charge in [-0.3, -0.25) is 4.79 Å². The SMILES string of the molecule is CNC(C)(C)C1(CC(=O)I)CC1. The van der Waals surface area contributed by atoms with E-state index in [0.29, 0.717) is 0 Å². The van der Waals surface area contributed by atoms with Gasteiger partial charge in [-0.1, -0.05) is 0 Å². The predicted octanol–water partition coefficient (Wildman–Crippen LogP) is 2.12. The fourth-order valence-corrected chi connectivity index (χ4v) is 2.43. The lowest BCUT2D eigenvalue weighted by Crippen LogP contribution is -2.45. The van der Waals surface area contributed by atoms with Gasteiger partial charge < -0.3 is 5.32 Å². The summed E-state index contributed by atoms with van der Waals surface area (Å²) in [6.07, 6.45) is 3.10. The lowest BCUT2D eigenvalue weighted by Gasteiger charge is -2.33. The first kappa shape index (κ1) is 10.4. The molecule has 0 amide bonds. The molecule has 2 nitrogen and oxygen atoms in total. The molecule has 0 aromatic heterocycles. The van der Waals surface area contributed by atoms with Gasteiger partial charge in [0.1, 0.15) is 0 Å². The highest BCUT2D eigenvalue weighted by Gasteiger charge is 2.54. The minimum Gasteiger partial charge on any atom is -0.314 e. The molecule has 1 aliphatic carbocycles. The maximum Gasteiger partial charge on any atom is 0.193 e. The highest BCUT2D eigenvalue weighted by molar-refractivity contribution is 14.1. The molecular formula is C9H16INO. The molecule has 0 saturated heterocycles. The topological polar surface area (TPSA) is 29.1 Å². The Kier molecular flexibility index (Phi) is 2.83. The molecule has 0 atom stereocenters. The monoisotopic (exact) mass is 281 g/mol. The molecule has 12 heavy (non-hydrogen) atoms. The van der Waals surface area contributed by atoms with Crippen LogP contribution in [0.5, 0.6) is 0 Å². The standard InChI is InChI=1S/C9H16INO/c1-8(2,11-3)9(4-5-9)6-7(10)12/h11H,4-6H2,1-3H3. The van der Waals surface area contributed by atoms with Crippen molar-refractivity contribution in [3.8, 4) is 0 Å². The van der Waals surface area contributed by atoms with Gasteiger partial charge in [0.2, 0.25) is 0 Å². The van der Waals surface area contributed by atoms with Crippen LogP contribution < -0.4 is 5.32 Å². The van der Waals surface area contributed by atoms with Crippen molar-refractivity contribution in [3.05, 3.63) is 0 Å². The van der Waals surface area contributed by atoms with Gasteiger partial charge in [-0.25, -0.2) is 0 Å². The average molecular weight is 281 g/mol. The molecule has 1 N–H and O–H groups in total. The predicted molar refractivity (Wildman–Crippen MR) is 58.4 cm³/mol. The Hall–Kier alpha value is 0.360. The maximum absolute atomic E-state index is 11.0. The van der Waals surface area contributed by atoms with E-state index in [1.54, 1.807) is 0 Å². The highest BCUT2D eigenvalue weighted by atomic mass is 127. The maximum atomic E-state index is 11.0. The van der Waals surface area contributed by atoms with Gasteiger partial charge >= 0.3 is 0 Å². The van der Waals surface area contributed by atoms with Crippen molar-refractivity contribution in [1.82, 2.24) is 5.32 Å². The van der Waals surface area contributed by atoms with Gasteiger partial charge in [0, 0.05) is 12.0 Å². The molecule has 0 unspecified atom stereocenters.